The van der Waals surface area contributed by atoms with Gasteiger partial charge < -0.3 is 6.42 Å². The fourth-order valence-electron chi connectivity index (χ4n) is 2.45. The van der Waals surface area contributed by atoms with Crippen LogP contribution < -0.4 is 29.6 Å². The molecule has 0 saturated heterocycles. The van der Waals surface area contributed by atoms with Crippen molar-refractivity contribution >= 4 is 0 Å². The second-order valence-electron chi connectivity index (χ2n) is 7.12. The van der Waals surface area contributed by atoms with Gasteiger partial charge in [0.15, 0.2) is 0 Å². The molecule has 84 valence electrons. The van der Waals surface area contributed by atoms with Gasteiger partial charge in [-0.25, -0.2) is 0 Å². The van der Waals surface area contributed by atoms with Gasteiger partial charge in [0.25, 0.3) is 0 Å². The summed E-state index contributed by atoms with van der Waals surface area (Å²) in [4.78, 5) is 0. The predicted octanol–water partition coefficient (Wildman–Crippen LogP) is 1.70. The van der Waals surface area contributed by atoms with Crippen molar-refractivity contribution in [2.75, 3.05) is 0 Å². The Bertz CT molecular complexity index is 162. The first-order chi connectivity index (χ1) is 6.21. The maximum absolute atomic E-state index is 2.52. The molecule has 0 nitrogen and oxygen atoms in total. The zero-order chi connectivity index (χ0) is 11.0. The van der Waals surface area contributed by atoms with Crippen molar-refractivity contribution in [1.29, 1.82) is 0 Å². The Morgan fingerprint density at radius 2 is 1.13 bits per heavy atom. The van der Waals surface area contributed by atoms with Crippen LogP contribution in [0, 0.1) is 29.1 Å². The maximum atomic E-state index is 2.52. The SMILES string of the molecule is CC(C)(C)C1C[CH-]CC(C(C)(C)C)C1.[Na+]. The van der Waals surface area contributed by atoms with E-state index in [1.807, 2.05) is 0 Å². The van der Waals surface area contributed by atoms with E-state index in [-0.39, 0.29) is 29.6 Å². The van der Waals surface area contributed by atoms with Crippen LogP contribution in [0.5, 0.6) is 0 Å². The molecule has 2 atom stereocenters. The molecule has 1 aliphatic rings. The van der Waals surface area contributed by atoms with Crippen molar-refractivity contribution < 1.29 is 29.6 Å². The van der Waals surface area contributed by atoms with Gasteiger partial charge in [-0.3, -0.25) is 0 Å². The van der Waals surface area contributed by atoms with Crippen LogP contribution in [0.4, 0.5) is 0 Å². The third-order valence-corrected chi connectivity index (χ3v) is 3.92. The standard InChI is InChI=1S/C14H27.Na/c1-13(2,3)11-8-7-9-12(10-11)14(4,5)6;/h7,11-12H,8-10H2,1-6H3;/q-1;+1. The van der Waals surface area contributed by atoms with E-state index in [0.29, 0.717) is 10.8 Å². The van der Waals surface area contributed by atoms with Gasteiger partial charge in [0.2, 0.25) is 0 Å². The molecule has 0 aromatic rings. The molecule has 0 heterocycles. The van der Waals surface area contributed by atoms with Crippen LogP contribution in [0.2, 0.25) is 0 Å². The van der Waals surface area contributed by atoms with Gasteiger partial charge in [0.05, 0.1) is 0 Å². The normalized spacial score (nSPS) is 28.4. The summed E-state index contributed by atoms with van der Waals surface area (Å²) in [5.41, 5.74) is 0.973. The minimum Gasteiger partial charge on any atom is -0.328 e. The van der Waals surface area contributed by atoms with E-state index in [4.69, 9.17) is 0 Å². The molecule has 2 unspecified atom stereocenters. The molecule has 0 aromatic heterocycles. The minimum atomic E-state index is 0. The fourth-order valence-corrected chi connectivity index (χ4v) is 2.45. The smallest absolute Gasteiger partial charge is 0.328 e. The summed E-state index contributed by atoms with van der Waals surface area (Å²) in [5, 5.41) is 0. The average molecular weight is 218 g/mol. The molecule has 0 radical (unpaired) electrons. The van der Waals surface area contributed by atoms with Crippen molar-refractivity contribution in [3.63, 3.8) is 0 Å². The summed E-state index contributed by atoms with van der Waals surface area (Å²) >= 11 is 0. The third kappa shape index (κ3) is 4.79. The van der Waals surface area contributed by atoms with Crippen molar-refractivity contribution in [3.05, 3.63) is 6.42 Å². The van der Waals surface area contributed by atoms with E-state index >= 15 is 0 Å². The van der Waals surface area contributed by atoms with Crippen molar-refractivity contribution in [3.8, 4) is 0 Å². The van der Waals surface area contributed by atoms with E-state index < -0.39 is 0 Å². The van der Waals surface area contributed by atoms with Gasteiger partial charge in [-0.05, 0) is 10.8 Å². The van der Waals surface area contributed by atoms with Gasteiger partial charge in [0, 0.05) is 0 Å². The minimum absolute atomic E-state index is 0. The van der Waals surface area contributed by atoms with Crippen LogP contribution in [0.1, 0.15) is 60.8 Å². The molecule has 1 aliphatic carbocycles. The molecular formula is C14H27Na. The maximum Gasteiger partial charge on any atom is 1.00 e. The number of hydrogen-bond donors (Lipinski definition) is 0. The topological polar surface area (TPSA) is 0 Å². The Morgan fingerprint density at radius 3 is 1.40 bits per heavy atom. The monoisotopic (exact) mass is 218 g/mol. The molecule has 15 heavy (non-hydrogen) atoms. The van der Waals surface area contributed by atoms with Gasteiger partial charge in [-0.15, -0.1) is 0 Å². The summed E-state index contributed by atoms with van der Waals surface area (Å²) in [6.07, 6.45) is 6.60. The van der Waals surface area contributed by atoms with Crippen LogP contribution in [0.3, 0.4) is 0 Å². The zero-order valence-corrected chi connectivity index (χ0v) is 13.9. The number of hydrogen-bond acceptors (Lipinski definition) is 0. The van der Waals surface area contributed by atoms with E-state index in [9.17, 15) is 0 Å². The summed E-state index contributed by atoms with van der Waals surface area (Å²) in [7, 11) is 0. The predicted molar refractivity (Wildman–Crippen MR) is 64.0 cm³/mol. The third-order valence-electron chi connectivity index (χ3n) is 3.92. The van der Waals surface area contributed by atoms with E-state index in [0.717, 1.165) is 11.8 Å². The molecule has 1 saturated carbocycles. The van der Waals surface area contributed by atoms with Gasteiger partial charge in [0.1, 0.15) is 0 Å². The number of rotatable bonds is 0. The second kappa shape index (κ2) is 5.56. The zero-order valence-electron chi connectivity index (χ0n) is 11.9. The van der Waals surface area contributed by atoms with Crippen molar-refractivity contribution in [2.24, 2.45) is 22.7 Å². The first kappa shape index (κ1) is 16.0. The molecule has 1 rings (SSSR count). The largest absolute Gasteiger partial charge is 1.00 e. The van der Waals surface area contributed by atoms with Crippen LogP contribution in [-0.2, 0) is 0 Å². The molecule has 0 amide bonds. The van der Waals surface area contributed by atoms with Crippen LogP contribution in [0.25, 0.3) is 0 Å². The molecule has 0 spiro atoms. The first-order valence-corrected chi connectivity index (χ1v) is 6.03. The Kier molecular flexibility index (Phi) is 5.93. The quantitative estimate of drug-likeness (QED) is 0.429. The van der Waals surface area contributed by atoms with Crippen LogP contribution in [0.15, 0.2) is 0 Å². The molecule has 1 fully saturated rings. The fraction of sp³-hybridized carbons (Fsp3) is 0.929. The summed E-state index contributed by atoms with van der Waals surface area (Å²) in [5.74, 6) is 1.78. The van der Waals surface area contributed by atoms with Crippen LogP contribution in [-0.4, -0.2) is 0 Å². The molecular weight excluding hydrogens is 191 g/mol. The Labute approximate surface area is 119 Å². The molecule has 0 N–H and O–H groups in total. The van der Waals surface area contributed by atoms with E-state index in [1.54, 1.807) is 0 Å². The van der Waals surface area contributed by atoms with Gasteiger partial charge in [-0.1, -0.05) is 59.8 Å². The van der Waals surface area contributed by atoms with Crippen molar-refractivity contribution in [1.82, 2.24) is 0 Å². The first-order valence-electron chi connectivity index (χ1n) is 6.03. The molecule has 0 aromatic carbocycles. The van der Waals surface area contributed by atoms with Gasteiger partial charge in [-0.2, -0.15) is 12.8 Å². The van der Waals surface area contributed by atoms with Crippen LogP contribution >= 0.6 is 0 Å². The Hall–Kier alpha value is 1.00. The second-order valence-corrected chi connectivity index (χ2v) is 7.12. The van der Waals surface area contributed by atoms with Crippen molar-refractivity contribution in [2.45, 2.75) is 60.8 Å². The van der Waals surface area contributed by atoms with Gasteiger partial charge >= 0.3 is 29.6 Å². The summed E-state index contributed by atoms with van der Waals surface area (Å²) in [6.45, 7) is 14.3. The summed E-state index contributed by atoms with van der Waals surface area (Å²) in [6, 6.07) is 0. The Balaban J connectivity index is 0.00000196. The van der Waals surface area contributed by atoms with E-state index in [1.165, 1.54) is 19.3 Å². The molecule has 1 heteroatoms. The molecule has 0 bridgehead atoms. The molecule has 0 aliphatic heterocycles. The Morgan fingerprint density at radius 1 is 0.800 bits per heavy atom. The van der Waals surface area contributed by atoms with E-state index in [2.05, 4.69) is 48.0 Å². The summed E-state index contributed by atoms with van der Waals surface area (Å²) < 4.78 is 0. The average Bonchev–Trinajstić information content (AvgIpc) is 2.01.